The van der Waals surface area contributed by atoms with Crippen molar-refractivity contribution in [2.24, 2.45) is 0 Å². The summed E-state index contributed by atoms with van der Waals surface area (Å²) in [5, 5.41) is 12.9. The number of halogens is 1. The summed E-state index contributed by atoms with van der Waals surface area (Å²) < 4.78 is 11.6. The van der Waals surface area contributed by atoms with Gasteiger partial charge >= 0.3 is 0 Å². The van der Waals surface area contributed by atoms with E-state index in [2.05, 4.69) is 26.3 Å². The number of fused-ring (bicyclic) bond motifs is 2. The predicted octanol–water partition coefficient (Wildman–Crippen LogP) is 3.49. The number of hydrogen-bond donors (Lipinski definition) is 1. The summed E-state index contributed by atoms with van der Waals surface area (Å²) in [7, 11) is 1.59. The quantitative estimate of drug-likeness (QED) is 0.594. The van der Waals surface area contributed by atoms with Crippen LogP contribution in [0.1, 0.15) is 35.6 Å². The van der Waals surface area contributed by atoms with Crippen LogP contribution in [0.25, 0.3) is 10.9 Å². The second kappa shape index (κ2) is 9.61. The lowest BCUT2D eigenvalue weighted by molar-refractivity contribution is -0.116. The summed E-state index contributed by atoms with van der Waals surface area (Å²) in [6, 6.07) is 11.0. The van der Waals surface area contributed by atoms with Crippen molar-refractivity contribution in [2.75, 3.05) is 38.7 Å². The number of amides is 1. The van der Waals surface area contributed by atoms with E-state index >= 15 is 0 Å². The average Bonchev–Trinajstić information content (AvgIpc) is 3.44. The maximum absolute atomic E-state index is 12.8. The molecule has 1 fully saturated rings. The van der Waals surface area contributed by atoms with Crippen LogP contribution in [-0.2, 0) is 4.79 Å². The summed E-state index contributed by atoms with van der Waals surface area (Å²) in [5.74, 6) is 0.377. The number of carbonyl (C=O) groups is 1. The van der Waals surface area contributed by atoms with Gasteiger partial charge in [0.05, 0.1) is 30.0 Å². The molecule has 1 amide bonds. The average molecular weight is 466 g/mol. The Morgan fingerprint density at radius 2 is 2.00 bits per heavy atom. The van der Waals surface area contributed by atoms with Crippen LogP contribution >= 0.6 is 12.4 Å². The third kappa shape index (κ3) is 4.30. The van der Waals surface area contributed by atoms with Crippen molar-refractivity contribution in [3.05, 3.63) is 53.5 Å². The lowest BCUT2D eigenvalue weighted by Crippen LogP contribution is -2.25. The van der Waals surface area contributed by atoms with Gasteiger partial charge in [-0.25, -0.2) is 9.97 Å². The molecule has 33 heavy (non-hydrogen) atoms. The molecule has 2 aliphatic heterocycles. The van der Waals surface area contributed by atoms with Gasteiger partial charge in [0.25, 0.3) is 0 Å². The number of ether oxygens (including phenoxy) is 2. The molecular formula is C24H24ClN5O3. The molecule has 0 saturated carbocycles. The number of nitrogens with one attached hydrogen (secondary N) is 1. The van der Waals surface area contributed by atoms with Crippen LogP contribution in [-0.4, -0.2) is 54.1 Å². The van der Waals surface area contributed by atoms with Crippen LogP contribution in [0.3, 0.4) is 0 Å². The minimum Gasteiger partial charge on any atom is -0.493 e. The van der Waals surface area contributed by atoms with Gasteiger partial charge in [0.2, 0.25) is 5.91 Å². The number of anilines is 1. The molecule has 0 aliphatic carbocycles. The number of rotatable bonds is 6. The van der Waals surface area contributed by atoms with Gasteiger partial charge in [-0.15, -0.1) is 12.4 Å². The van der Waals surface area contributed by atoms with Crippen molar-refractivity contribution >= 4 is 34.9 Å². The highest BCUT2D eigenvalue weighted by Gasteiger charge is 2.34. The number of carbonyl (C=O) groups excluding carboxylic acids is 1. The SMILES string of the molecule is COc1cc2c(C3C(=O)Nc4ccc(C#N)cc43)ncnc2cc1OCCN1CCCC1.Cl. The molecule has 1 saturated heterocycles. The topological polar surface area (TPSA) is 100 Å². The molecule has 3 heterocycles. The maximum atomic E-state index is 12.8. The van der Waals surface area contributed by atoms with Gasteiger partial charge in [0, 0.05) is 23.7 Å². The van der Waals surface area contributed by atoms with Crippen LogP contribution in [0, 0.1) is 11.3 Å². The van der Waals surface area contributed by atoms with Crippen molar-refractivity contribution in [2.45, 2.75) is 18.8 Å². The molecule has 0 spiro atoms. The molecule has 5 rings (SSSR count). The fraction of sp³-hybridized carbons (Fsp3) is 0.333. The minimum absolute atomic E-state index is 0. The summed E-state index contributed by atoms with van der Waals surface area (Å²) in [6.07, 6.45) is 3.94. The Hall–Kier alpha value is -3.41. The number of benzene rings is 2. The van der Waals surface area contributed by atoms with E-state index in [1.165, 1.54) is 19.2 Å². The van der Waals surface area contributed by atoms with Gasteiger partial charge in [-0.1, -0.05) is 0 Å². The Morgan fingerprint density at radius 1 is 1.18 bits per heavy atom. The van der Waals surface area contributed by atoms with E-state index in [0.29, 0.717) is 46.0 Å². The van der Waals surface area contributed by atoms with Gasteiger partial charge in [-0.2, -0.15) is 5.26 Å². The molecule has 1 N–H and O–H groups in total. The number of nitrogens with zero attached hydrogens (tertiary/aromatic N) is 4. The number of hydrogen-bond acceptors (Lipinski definition) is 7. The lowest BCUT2D eigenvalue weighted by atomic mass is 9.93. The zero-order chi connectivity index (χ0) is 22.1. The summed E-state index contributed by atoms with van der Waals surface area (Å²) in [5.41, 5.74) is 3.17. The molecule has 0 bridgehead atoms. The van der Waals surface area contributed by atoms with Crippen molar-refractivity contribution in [3.8, 4) is 17.6 Å². The van der Waals surface area contributed by atoms with E-state index in [4.69, 9.17) is 9.47 Å². The smallest absolute Gasteiger partial charge is 0.238 e. The monoisotopic (exact) mass is 465 g/mol. The van der Waals surface area contributed by atoms with E-state index in [0.717, 1.165) is 25.2 Å². The van der Waals surface area contributed by atoms with Gasteiger partial charge < -0.3 is 14.8 Å². The molecule has 9 heteroatoms. The van der Waals surface area contributed by atoms with Crippen molar-refractivity contribution < 1.29 is 14.3 Å². The van der Waals surface area contributed by atoms with Gasteiger partial charge in [0.1, 0.15) is 18.9 Å². The fourth-order valence-corrected chi connectivity index (χ4v) is 4.48. The first-order valence-corrected chi connectivity index (χ1v) is 10.7. The molecule has 2 aliphatic rings. The molecule has 170 valence electrons. The van der Waals surface area contributed by atoms with Gasteiger partial charge in [0.15, 0.2) is 11.5 Å². The molecule has 1 atom stereocenters. The standard InChI is InChI=1S/C24H23N5O3.ClH/c1-31-20-11-17-19(12-21(20)32-9-8-29-6-2-3-7-29)26-14-27-23(17)22-16-10-15(13-25)4-5-18(16)28-24(22)30;/h4-5,10-12,14,22H,2-3,6-9H2,1H3,(H,28,30);1H. The Balaban J connectivity index is 0.00000259. The highest BCUT2D eigenvalue weighted by Crippen LogP contribution is 2.41. The molecule has 3 aromatic rings. The van der Waals surface area contributed by atoms with Crippen molar-refractivity contribution in [1.82, 2.24) is 14.9 Å². The molecule has 8 nitrogen and oxygen atoms in total. The number of nitriles is 1. The van der Waals surface area contributed by atoms with Crippen molar-refractivity contribution in [1.29, 1.82) is 5.26 Å². The highest BCUT2D eigenvalue weighted by atomic mass is 35.5. The zero-order valence-electron chi connectivity index (χ0n) is 18.2. The van der Waals surface area contributed by atoms with Crippen LogP contribution in [0.2, 0.25) is 0 Å². The fourth-order valence-electron chi connectivity index (χ4n) is 4.48. The van der Waals surface area contributed by atoms with Gasteiger partial charge in [-0.05, 0) is 55.8 Å². The molecule has 0 radical (unpaired) electrons. The van der Waals surface area contributed by atoms with E-state index in [1.807, 2.05) is 12.1 Å². The number of aromatic nitrogens is 2. The Labute approximate surface area is 197 Å². The van der Waals surface area contributed by atoms with Gasteiger partial charge in [-0.3, -0.25) is 9.69 Å². The van der Waals surface area contributed by atoms with Crippen LogP contribution < -0.4 is 14.8 Å². The summed E-state index contributed by atoms with van der Waals surface area (Å²) >= 11 is 0. The summed E-state index contributed by atoms with van der Waals surface area (Å²) in [4.78, 5) is 24.1. The Kier molecular flexibility index (Phi) is 6.63. The van der Waals surface area contributed by atoms with E-state index in [1.54, 1.807) is 25.3 Å². The van der Waals surface area contributed by atoms with Crippen molar-refractivity contribution in [3.63, 3.8) is 0 Å². The zero-order valence-corrected chi connectivity index (χ0v) is 19.0. The highest BCUT2D eigenvalue weighted by molar-refractivity contribution is 6.07. The van der Waals surface area contributed by atoms with E-state index in [9.17, 15) is 10.1 Å². The molecule has 2 aromatic carbocycles. The predicted molar refractivity (Wildman–Crippen MR) is 126 cm³/mol. The van der Waals surface area contributed by atoms with Crippen LogP contribution in [0.4, 0.5) is 5.69 Å². The molecule has 1 unspecified atom stereocenters. The Bertz CT molecular complexity index is 1240. The molecule has 1 aromatic heterocycles. The minimum atomic E-state index is -0.629. The first-order valence-electron chi connectivity index (χ1n) is 10.7. The van der Waals surface area contributed by atoms with E-state index in [-0.39, 0.29) is 18.3 Å². The number of likely N-dealkylation sites (tertiary alicyclic amines) is 1. The van der Waals surface area contributed by atoms with Crippen LogP contribution in [0.5, 0.6) is 11.5 Å². The third-order valence-electron chi connectivity index (χ3n) is 6.10. The Morgan fingerprint density at radius 3 is 2.76 bits per heavy atom. The second-order valence-electron chi connectivity index (χ2n) is 8.01. The third-order valence-corrected chi connectivity index (χ3v) is 6.10. The van der Waals surface area contributed by atoms with Crippen LogP contribution in [0.15, 0.2) is 36.7 Å². The first-order chi connectivity index (χ1) is 15.7. The normalized spacial score (nSPS) is 17.2. The first kappa shape index (κ1) is 22.8. The lowest BCUT2D eigenvalue weighted by Gasteiger charge is -2.17. The maximum Gasteiger partial charge on any atom is 0.238 e. The molecular weight excluding hydrogens is 442 g/mol. The second-order valence-corrected chi connectivity index (χ2v) is 8.01. The largest absolute Gasteiger partial charge is 0.493 e. The van der Waals surface area contributed by atoms with E-state index < -0.39 is 5.92 Å². The summed E-state index contributed by atoms with van der Waals surface area (Å²) in [6.45, 7) is 3.67. The number of methoxy groups -OCH3 is 1.